The second-order valence-corrected chi connectivity index (χ2v) is 5.52. The van der Waals surface area contributed by atoms with Gasteiger partial charge < -0.3 is 18.9 Å². The van der Waals surface area contributed by atoms with E-state index in [2.05, 4.69) is 4.98 Å². The SMILES string of the molecule is COc1ccc(C(=O)c2cnc3cc4c(cc3c2)OCO4)c(OC)c1. The van der Waals surface area contributed by atoms with Crippen LogP contribution in [0.15, 0.2) is 42.6 Å². The molecule has 6 heteroatoms. The molecule has 0 amide bonds. The van der Waals surface area contributed by atoms with E-state index < -0.39 is 0 Å². The molecule has 0 N–H and O–H groups in total. The summed E-state index contributed by atoms with van der Waals surface area (Å²) in [5.74, 6) is 2.22. The summed E-state index contributed by atoms with van der Waals surface area (Å²) in [7, 11) is 3.08. The van der Waals surface area contributed by atoms with E-state index in [0.717, 1.165) is 10.9 Å². The van der Waals surface area contributed by atoms with Crippen LogP contribution >= 0.6 is 0 Å². The van der Waals surface area contributed by atoms with Crippen molar-refractivity contribution in [2.75, 3.05) is 21.0 Å². The van der Waals surface area contributed by atoms with Crippen LogP contribution < -0.4 is 18.9 Å². The Balaban J connectivity index is 1.76. The van der Waals surface area contributed by atoms with Crippen LogP contribution in [0.5, 0.6) is 23.0 Å². The summed E-state index contributed by atoms with van der Waals surface area (Å²) in [5.41, 5.74) is 1.66. The maximum Gasteiger partial charge on any atom is 0.231 e. The molecular formula is C19H15NO5. The topological polar surface area (TPSA) is 66.9 Å². The molecule has 0 bridgehead atoms. The third kappa shape index (κ3) is 2.61. The highest BCUT2D eigenvalue weighted by molar-refractivity contribution is 6.12. The normalized spacial score (nSPS) is 12.2. The van der Waals surface area contributed by atoms with Gasteiger partial charge in [0.2, 0.25) is 6.79 Å². The van der Waals surface area contributed by atoms with Crippen LogP contribution in [0.2, 0.25) is 0 Å². The number of hydrogen-bond donors (Lipinski definition) is 0. The van der Waals surface area contributed by atoms with E-state index in [1.54, 1.807) is 43.6 Å². The number of aromatic nitrogens is 1. The molecule has 1 aliphatic rings. The third-order valence-electron chi connectivity index (χ3n) is 4.09. The van der Waals surface area contributed by atoms with Gasteiger partial charge >= 0.3 is 0 Å². The van der Waals surface area contributed by atoms with E-state index in [1.165, 1.54) is 7.11 Å². The Morgan fingerprint density at radius 1 is 1.04 bits per heavy atom. The fourth-order valence-electron chi connectivity index (χ4n) is 2.78. The first-order chi connectivity index (χ1) is 12.2. The first-order valence-electron chi connectivity index (χ1n) is 7.66. The molecule has 25 heavy (non-hydrogen) atoms. The zero-order valence-electron chi connectivity index (χ0n) is 13.7. The molecule has 126 valence electrons. The Bertz CT molecular complexity index is 983. The molecule has 0 saturated heterocycles. The number of nitrogens with zero attached hydrogens (tertiary/aromatic N) is 1. The summed E-state index contributed by atoms with van der Waals surface area (Å²) < 4.78 is 21.2. The van der Waals surface area contributed by atoms with Crippen LogP contribution in [-0.2, 0) is 0 Å². The fourth-order valence-corrected chi connectivity index (χ4v) is 2.78. The molecular weight excluding hydrogens is 322 g/mol. The number of pyridine rings is 1. The van der Waals surface area contributed by atoms with Crippen molar-refractivity contribution in [2.24, 2.45) is 0 Å². The highest BCUT2D eigenvalue weighted by Gasteiger charge is 2.18. The van der Waals surface area contributed by atoms with Gasteiger partial charge in [0.05, 0.1) is 25.3 Å². The molecule has 0 radical (unpaired) electrons. The summed E-state index contributed by atoms with van der Waals surface area (Å²) in [4.78, 5) is 17.3. The Hall–Kier alpha value is -3.28. The minimum absolute atomic E-state index is 0.174. The lowest BCUT2D eigenvalue weighted by atomic mass is 10.0. The number of ketones is 1. The molecule has 0 spiro atoms. The predicted molar refractivity (Wildman–Crippen MR) is 90.8 cm³/mol. The molecule has 0 aliphatic carbocycles. The zero-order valence-corrected chi connectivity index (χ0v) is 13.7. The number of ether oxygens (including phenoxy) is 4. The number of benzene rings is 2. The molecule has 2 aromatic carbocycles. The van der Waals surface area contributed by atoms with E-state index >= 15 is 0 Å². The first kappa shape index (κ1) is 15.3. The Kier molecular flexibility index (Phi) is 3.65. The molecule has 3 aromatic rings. The highest BCUT2D eigenvalue weighted by atomic mass is 16.7. The average Bonchev–Trinajstić information content (AvgIpc) is 3.11. The molecule has 0 fully saturated rings. The van der Waals surface area contributed by atoms with Gasteiger partial charge in [0.25, 0.3) is 0 Å². The van der Waals surface area contributed by atoms with Crippen molar-refractivity contribution in [2.45, 2.75) is 0 Å². The summed E-state index contributed by atoms with van der Waals surface area (Å²) in [6.07, 6.45) is 1.55. The molecule has 1 aromatic heterocycles. The molecule has 0 atom stereocenters. The minimum Gasteiger partial charge on any atom is -0.497 e. The zero-order chi connectivity index (χ0) is 17.4. The van der Waals surface area contributed by atoms with Crippen molar-refractivity contribution in [3.8, 4) is 23.0 Å². The van der Waals surface area contributed by atoms with E-state index in [1.807, 2.05) is 6.07 Å². The van der Waals surface area contributed by atoms with Gasteiger partial charge in [0, 0.05) is 29.3 Å². The van der Waals surface area contributed by atoms with Gasteiger partial charge in [0.15, 0.2) is 17.3 Å². The van der Waals surface area contributed by atoms with Gasteiger partial charge in [-0.25, -0.2) is 0 Å². The fraction of sp³-hybridized carbons (Fsp3) is 0.158. The van der Waals surface area contributed by atoms with Crippen LogP contribution in [0.1, 0.15) is 15.9 Å². The lowest BCUT2D eigenvalue weighted by molar-refractivity contribution is 0.103. The van der Waals surface area contributed by atoms with Crippen LogP contribution in [-0.4, -0.2) is 31.8 Å². The van der Waals surface area contributed by atoms with Crippen LogP contribution in [0.25, 0.3) is 10.9 Å². The van der Waals surface area contributed by atoms with E-state index in [-0.39, 0.29) is 12.6 Å². The largest absolute Gasteiger partial charge is 0.497 e. The Morgan fingerprint density at radius 2 is 1.84 bits per heavy atom. The minimum atomic E-state index is -0.174. The number of hydrogen-bond acceptors (Lipinski definition) is 6. The van der Waals surface area contributed by atoms with E-state index in [0.29, 0.717) is 34.1 Å². The second-order valence-electron chi connectivity index (χ2n) is 5.52. The van der Waals surface area contributed by atoms with E-state index in [4.69, 9.17) is 18.9 Å². The molecule has 4 rings (SSSR count). The maximum absolute atomic E-state index is 12.9. The molecule has 2 heterocycles. The van der Waals surface area contributed by atoms with Crippen molar-refractivity contribution in [1.82, 2.24) is 4.98 Å². The van der Waals surface area contributed by atoms with E-state index in [9.17, 15) is 4.79 Å². The average molecular weight is 337 g/mol. The van der Waals surface area contributed by atoms with Crippen LogP contribution in [0.4, 0.5) is 0 Å². The van der Waals surface area contributed by atoms with Crippen molar-refractivity contribution in [1.29, 1.82) is 0 Å². The standard InChI is InChI=1S/C19H15NO5/c1-22-13-3-4-14(16(7-13)23-2)19(21)12-5-11-6-17-18(25-10-24-17)8-15(11)20-9-12/h3-9H,10H2,1-2H3. The second kappa shape index (κ2) is 5.98. The van der Waals surface area contributed by atoms with Gasteiger partial charge in [-0.3, -0.25) is 9.78 Å². The van der Waals surface area contributed by atoms with Crippen LogP contribution in [0, 0.1) is 0 Å². The third-order valence-corrected chi connectivity index (χ3v) is 4.09. The number of methoxy groups -OCH3 is 2. The predicted octanol–water partition coefficient (Wildman–Crippen LogP) is 3.21. The monoisotopic (exact) mass is 337 g/mol. The summed E-state index contributed by atoms with van der Waals surface area (Å²) >= 11 is 0. The molecule has 1 aliphatic heterocycles. The quantitative estimate of drug-likeness (QED) is 0.681. The van der Waals surface area contributed by atoms with Gasteiger partial charge in [-0.2, -0.15) is 0 Å². The summed E-state index contributed by atoms with van der Waals surface area (Å²) in [6.45, 7) is 0.195. The van der Waals surface area contributed by atoms with Crippen molar-refractivity contribution >= 4 is 16.7 Å². The van der Waals surface area contributed by atoms with Gasteiger partial charge in [-0.15, -0.1) is 0 Å². The van der Waals surface area contributed by atoms with Crippen molar-refractivity contribution in [3.63, 3.8) is 0 Å². The molecule has 0 unspecified atom stereocenters. The number of rotatable bonds is 4. The van der Waals surface area contributed by atoms with Crippen molar-refractivity contribution < 1.29 is 23.7 Å². The molecule has 0 saturated carbocycles. The van der Waals surface area contributed by atoms with Gasteiger partial charge in [0.1, 0.15) is 11.5 Å². The lowest BCUT2D eigenvalue weighted by Crippen LogP contribution is -2.05. The lowest BCUT2D eigenvalue weighted by Gasteiger charge is -2.10. The van der Waals surface area contributed by atoms with Crippen LogP contribution in [0.3, 0.4) is 0 Å². The summed E-state index contributed by atoms with van der Waals surface area (Å²) in [5, 5.41) is 0.808. The summed E-state index contributed by atoms with van der Waals surface area (Å²) in [6, 6.07) is 10.5. The smallest absolute Gasteiger partial charge is 0.231 e. The van der Waals surface area contributed by atoms with Gasteiger partial charge in [-0.05, 0) is 24.3 Å². The van der Waals surface area contributed by atoms with Crippen molar-refractivity contribution in [3.05, 3.63) is 53.7 Å². The molecule has 6 nitrogen and oxygen atoms in total. The maximum atomic E-state index is 12.9. The number of carbonyl (C=O) groups excluding carboxylic acids is 1. The Labute approximate surface area is 143 Å². The Morgan fingerprint density at radius 3 is 2.60 bits per heavy atom. The van der Waals surface area contributed by atoms with Gasteiger partial charge in [-0.1, -0.05) is 0 Å². The number of fused-ring (bicyclic) bond motifs is 2. The highest BCUT2D eigenvalue weighted by Crippen LogP contribution is 2.36. The first-order valence-corrected chi connectivity index (χ1v) is 7.66. The number of carbonyl (C=O) groups is 1.